The number of methoxy groups -OCH3 is 1. The number of ether oxygens (including phenoxy) is 2. The van der Waals surface area contributed by atoms with Crippen molar-refractivity contribution in [1.29, 1.82) is 0 Å². The summed E-state index contributed by atoms with van der Waals surface area (Å²) in [6.07, 6.45) is 2.00. The lowest BCUT2D eigenvalue weighted by atomic mass is 10.0. The molecule has 2 aromatic carbocycles. The molecule has 0 aliphatic carbocycles. The predicted octanol–water partition coefficient (Wildman–Crippen LogP) is 4.66. The predicted molar refractivity (Wildman–Crippen MR) is 108 cm³/mol. The third-order valence-corrected chi connectivity index (χ3v) is 4.41. The van der Waals surface area contributed by atoms with Gasteiger partial charge in [-0.25, -0.2) is 0 Å². The minimum atomic E-state index is -0.199. The van der Waals surface area contributed by atoms with Crippen LogP contribution in [0.3, 0.4) is 0 Å². The highest BCUT2D eigenvalue weighted by Crippen LogP contribution is 2.34. The molecule has 1 heterocycles. The van der Waals surface area contributed by atoms with Gasteiger partial charge in [0.2, 0.25) is 0 Å². The van der Waals surface area contributed by atoms with E-state index in [1.165, 1.54) is 0 Å². The highest BCUT2D eigenvalue weighted by molar-refractivity contribution is 6.07. The van der Waals surface area contributed by atoms with Crippen LogP contribution >= 0.6 is 0 Å². The SMILES string of the molecule is CCOc1ccccc1C(=O)Nc1c(-c2ccc(OC)cc2)c(C)cn1C. The van der Waals surface area contributed by atoms with Gasteiger partial charge in [-0.15, -0.1) is 0 Å². The third-order valence-electron chi connectivity index (χ3n) is 4.41. The smallest absolute Gasteiger partial charge is 0.260 e. The van der Waals surface area contributed by atoms with Gasteiger partial charge in [-0.3, -0.25) is 4.79 Å². The van der Waals surface area contributed by atoms with E-state index in [9.17, 15) is 4.79 Å². The van der Waals surface area contributed by atoms with E-state index in [-0.39, 0.29) is 5.91 Å². The van der Waals surface area contributed by atoms with Crippen LogP contribution in [0.1, 0.15) is 22.8 Å². The van der Waals surface area contributed by atoms with Crippen molar-refractivity contribution >= 4 is 11.7 Å². The fourth-order valence-electron chi connectivity index (χ4n) is 3.17. The summed E-state index contributed by atoms with van der Waals surface area (Å²) in [6, 6.07) is 15.1. The van der Waals surface area contributed by atoms with Crippen LogP contribution in [0.2, 0.25) is 0 Å². The average Bonchev–Trinajstić information content (AvgIpc) is 2.95. The summed E-state index contributed by atoms with van der Waals surface area (Å²) >= 11 is 0. The maximum atomic E-state index is 12.9. The molecule has 1 aromatic heterocycles. The standard InChI is InChI=1S/C22H24N2O3/c1-5-27-19-9-7-6-8-18(19)22(25)23-21-20(15(2)14-24(21)3)16-10-12-17(26-4)13-11-16/h6-14H,5H2,1-4H3,(H,23,25). The Morgan fingerprint density at radius 1 is 1.11 bits per heavy atom. The van der Waals surface area contributed by atoms with Crippen LogP contribution in [0.4, 0.5) is 5.82 Å². The van der Waals surface area contributed by atoms with Crippen molar-refractivity contribution in [2.75, 3.05) is 19.0 Å². The Morgan fingerprint density at radius 2 is 1.81 bits per heavy atom. The number of aryl methyl sites for hydroxylation is 2. The van der Waals surface area contributed by atoms with Gasteiger partial charge in [0.15, 0.2) is 0 Å². The molecule has 1 amide bonds. The number of amides is 1. The lowest BCUT2D eigenvalue weighted by Gasteiger charge is -2.13. The lowest BCUT2D eigenvalue weighted by molar-refractivity contribution is 0.102. The van der Waals surface area contributed by atoms with Crippen molar-refractivity contribution in [3.63, 3.8) is 0 Å². The van der Waals surface area contributed by atoms with Crippen LogP contribution in [-0.4, -0.2) is 24.2 Å². The van der Waals surface area contributed by atoms with Crippen molar-refractivity contribution in [3.05, 3.63) is 65.9 Å². The minimum absolute atomic E-state index is 0.199. The van der Waals surface area contributed by atoms with E-state index in [0.717, 1.165) is 28.3 Å². The molecular weight excluding hydrogens is 340 g/mol. The van der Waals surface area contributed by atoms with Gasteiger partial charge >= 0.3 is 0 Å². The number of anilines is 1. The van der Waals surface area contributed by atoms with E-state index >= 15 is 0 Å². The quantitative estimate of drug-likeness (QED) is 0.692. The maximum Gasteiger partial charge on any atom is 0.260 e. The lowest BCUT2D eigenvalue weighted by Crippen LogP contribution is -2.16. The molecule has 0 saturated carbocycles. The topological polar surface area (TPSA) is 52.5 Å². The molecule has 0 unspecified atom stereocenters. The van der Waals surface area contributed by atoms with Gasteiger partial charge in [0.05, 0.1) is 19.3 Å². The largest absolute Gasteiger partial charge is 0.497 e. The fourth-order valence-corrected chi connectivity index (χ4v) is 3.17. The highest BCUT2D eigenvalue weighted by atomic mass is 16.5. The molecule has 5 heteroatoms. The monoisotopic (exact) mass is 364 g/mol. The molecule has 1 N–H and O–H groups in total. The Balaban J connectivity index is 1.97. The molecule has 0 spiro atoms. The van der Waals surface area contributed by atoms with Crippen molar-refractivity contribution in [2.45, 2.75) is 13.8 Å². The zero-order valence-corrected chi connectivity index (χ0v) is 16.1. The molecule has 0 saturated heterocycles. The van der Waals surface area contributed by atoms with Crippen LogP contribution in [-0.2, 0) is 7.05 Å². The van der Waals surface area contributed by atoms with Crippen LogP contribution in [0, 0.1) is 6.92 Å². The molecular formula is C22H24N2O3. The summed E-state index contributed by atoms with van der Waals surface area (Å²) in [5.41, 5.74) is 3.60. The van der Waals surface area contributed by atoms with Crippen molar-refractivity contribution in [2.24, 2.45) is 7.05 Å². The van der Waals surface area contributed by atoms with Gasteiger partial charge in [-0.1, -0.05) is 24.3 Å². The number of hydrogen-bond acceptors (Lipinski definition) is 3. The Labute approximate surface area is 159 Å². The van der Waals surface area contributed by atoms with Crippen LogP contribution in [0.5, 0.6) is 11.5 Å². The number of carbonyl (C=O) groups excluding carboxylic acids is 1. The second-order valence-electron chi connectivity index (χ2n) is 6.26. The van der Waals surface area contributed by atoms with Gasteiger partial charge in [0, 0.05) is 18.8 Å². The normalized spacial score (nSPS) is 10.5. The minimum Gasteiger partial charge on any atom is -0.497 e. The van der Waals surface area contributed by atoms with Gasteiger partial charge in [-0.05, 0) is 49.2 Å². The zero-order chi connectivity index (χ0) is 19.4. The number of carbonyl (C=O) groups is 1. The Bertz CT molecular complexity index is 943. The first-order valence-corrected chi connectivity index (χ1v) is 8.88. The van der Waals surface area contributed by atoms with Gasteiger partial charge in [0.25, 0.3) is 5.91 Å². The molecule has 0 aliphatic rings. The number of rotatable bonds is 6. The first kappa shape index (κ1) is 18.6. The summed E-state index contributed by atoms with van der Waals surface area (Å²) in [5, 5.41) is 3.05. The van der Waals surface area contributed by atoms with Crippen LogP contribution in [0.15, 0.2) is 54.7 Å². The number of hydrogen-bond donors (Lipinski definition) is 1. The first-order valence-electron chi connectivity index (χ1n) is 8.88. The zero-order valence-electron chi connectivity index (χ0n) is 16.1. The van der Waals surface area contributed by atoms with Crippen LogP contribution in [0.25, 0.3) is 11.1 Å². The van der Waals surface area contributed by atoms with E-state index < -0.39 is 0 Å². The number of benzene rings is 2. The van der Waals surface area contributed by atoms with E-state index in [2.05, 4.69) is 5.32 Å². The summed E-state index contributed by atoms with van der Waals surface area (Å²) in [7, 11) is 3.56. The Morgan fingerprint density at radius 3 is 2.48 bits per heavy atom. The summed E-state index contributed by atoms with van der Waals surface area (Å²) in [5.74, 6) is 1.92. The van der Waals surface area contributed by atoms with Gasteiger partial charge < -0.3 is 19.4 Å². The summed E-state index contributed by atoms with van der Waals surface area (Å²) in [6.45, 7) is 4.44. The number of para-hydroxylation sites is 1. The number of aromatic nitrogens is 1. The molecule has 140 valence electrons. The van der Waals surface area contributed by atoms with Crippen LogP contribution < -0.4 is 14.8 Å². The van der Waals surface area contributed by atoms with Crippen molar-refractivity contribution in [1.82, 2.24) is 4.57 Å². The Kier molecular flexibility index (Phi) is 5.50. The molecule has 27 heavy (non-hydrogen) atoms. The molecule has 0 bridgehead atoms. The molecule has 3 rings (SSSR count). The fraction of sp³-hybridized carbons (Fsp3) is 0.227. The van der Waals surface area contributed by atoms with Crippen molar-refractivity contribution < 1.29 is 14.3 Å². The molecule has 0 radical (unpaired) electrons. The summed E-state index contributed by atoms with van der Waals surface area (Å²) in [4.78, 5) is 12.9. The van der Waals surface area contributed by atoms with E-state index in [1.807, 2.05) is 68.1 Å². The van der Waals surface area contributed by atoms with Gasteiger partial charge in [0.1, 0.15) is 17.3 Å². The highest BCUT2D eigenvalue weighted by Gasteiger charge is 2.19. The number of nitrogens with zero attached hydrogens (tertiary/aromatic N) is 1. The molecule has 0 aliphatic heterocycles. The summed E-state index contributed by atoms with van der Waals surface area (Å²) < 4.78 is 12.8. The van der Waals surface area contributed by atoms with E-state index in [4.69, 9.17) is 9.47 Å². The first-order chi connectivity index (χ1) is 13.0. The second-order valence-corrected chi connectivity index (χ2v) is 6.26. The maximum absolute atomic E-state index is 12.9. The number of nitrogens with one attached hydrogen (secondary N) is 1. The van der Waals surface area contributed by atoms with E-state index in [0.29, 0.717) is 17.9 Å². The Hall–Kier alpha value is -3.21. The van der Waals surface area contributed by atoms with Gasteiger partial charge in [-0.2, -0.15) is 0 Å². The molecule has 0 atom stereocenters. The van der Waals surface area contributed by atoms with E-state index in [1.54, 1.807) is 19.2 Å². The average molecular weight is 364 g/mol. The van der Waals surface area contributed by atoms with Crippen molar-refractivity contribution in [3.8, 4) is 22.6 Å². The molecule has 0 fully saturated rings. The molecule has 3 aromatic rings. The molecule has 5 nitrogen and oxygen atoms in total. The second kappa shape index (κ2) is 7.99. The third kappa shape index (κ3) is 3.82.